The zero-order valence-electron chi connectivity index (χ0n) is 15.7. The van der Waals surface area contributed by atoms with Crippen LogP contribution in [0.25, 0.3) is 11.1 Å². The number of aromatic nitrogens is 1. The molecule has 1 aromatic carbocycles. The van der Waals surface area contributed by atoms with Crippen LogP contribution in [0.5, 0.6) is 0 Å². The molecule has 4 rings (SSSR count). The SMILES string of the molecule is CC(NC(=O)N1CCN2CCOCC2C1)c1ccc(-c2ccncc2)cc1. The highest BCUT2D eigenvalue weighted by atomic mass is 16.5. The maximum absolute atomic E-state index is 12.7. The number of rotatable bonds is 3. The molecule has 2 aliphatic rings. The lowest BCUT2D eigenvalue weighted by molar-refractivity contribution is -0.0366. The number of benzene rings is 1. The van der Waals surface area contributed by atoms with Crippen LogP contribution in [0.15, 0.2) is 48.8 Å². The van der Waals surface area contributed by atoms with E-state index < -0.39 is 0 Å². The summed E-state index contributed by atoms with van der Waals surface area (Å²) in [5.74, 6) is 0. The van der Waals surface area contributed by atoms with E-state index in [2.05, 4.69) is 39.5 Å². The Morgan fingerprint density at radius 3 is 2.63 bits per heavy atom. The molecule has 27 heavy (non-hydrogen) atoms. The molecule has 1 aromatic heterocycles. The molecule has 6 nitrogen and oxygen atoms in total. The van der Waals surface area contributed by atoms with Crippen molar-refractivity contribution >= 4 is 6.03 Å². The maximum atomic E-state index is 12.7. The Morgan fingerprint density at radius 2 is 1.85 bits per heavy atom. The number of hydrogen-bond acceptors (Lipinski definition) is 4. The lowest BCUT2D eigenvalue weighted by Gasteiger charge is -2.43. The Bertz CT molecular complexity index is 766. The van der Waals surface area contributed by atoms with Gasteiger partial charge < -0.3 is 15.0 Å². The lowest BCUT2D eigenvalue weighted by atomic mass is 10.0. The van der Waals surface area contributed by atoms with Crippen LogP contribution >= 0.6 is 0 Å². The minimum atomic E-state index is -0.0374. The molecule has 0 spiro atoms. The second-order valence-electron chi connectivity index (χ2n) is 7.24. The molecule has 0 bridgehead atoms. The highest BCUT2D eigenvalue weighted by molar-refractivity contribution is 5.75. The Labute approximate surface area is 160 Å². The number of morpholine rings is 1. The first-order valence-corrected chi connectivity index (χ1v) is 9.58. The van der Waals surface area contributed by atoms with E-state index in [1.165, 1.54) is 0 Å². The van der Waals surface area contributed by atoms with Crippen LogP contribution < -0.4 is 5.32 Å². The summed E-state index contributed by atoms with van der Waals surface area (Å²) in [5.41, 5.74) is 3.38. The predicted molar refractivity (Wildman–Crippen MR) is 104 cm³/mol. The second kappa shape index (κ2) is 8.06. The summed E-state index contributed by atoms with van der Waals surface area (Å²) in [6.45, 7) is 6.96. The van der Waals surface area contributed by atoms with Crippen molar-refractivity contribution in [2.45, 2.75) is 19.0 Å². The first-order valence-electron chi connectivity index (χ1n) is 9.58. The van der Waals surface area contributed by atoms with Crippen molar-refractivity contribution < 1.29 is 9.53 Å². The number of nitrogens with zero attached hydrogens (tertiary/aromatic N) is 3. The van der Waals surface area contributed by atoms with E-state index in [4.69, 9.17) is 4.74 Å². The van der Waals surface area contributed by atoms with E-state index in [-0.39, 0.29) is 12.1 Å². The zero-order valence-corrected chi connectivity index (χ0v) is 15.7. The number of nitrogens with one attached hydrogen (secondary N) is 1. The van der Waals surface area contributed by atoms with E-state index in [0.717, 1.165) is 56.1 Å². The third-order valence-corrected chi connectivity index (χ3v) is 5.49. The highest BCUT2D eigenvalue weighted by Crippen LogP contribution is 2.22. The van der Waals surface area contributed by atoms with Gasteiger partial charge in [0.05, 0.1) is 25.3 Å². The first-order chi connectivity index (χ1) is 13.2. The van der Waals surface area contributed by atoms with E-state index in [0.29, 0.717) is 6.04 Å². The Balaban J connectivity index is 1.35. The molecule has 6 heteroatoms. The maximum Gasteiger partial charge on any atom is 0.317 e. The smallest absolute Gasteiger partial charge is 0.317 e. The third kappa shape index (κ3) is 4.12. The van der Waals surface area contributed by atoms with Crippen LogP contribution in [0, 0.1) is 0 Å². The summed E-state index contributed by atoms with van der Waals surface area (Å²) >= 11 is 0. The topological polar surface area (TPSA) is 57.7 Å². The number of piperazine rings is 1. The van der Waals surface area contributed by atoms with Gasteiger partial charge in [-0.15, -0.1) is 0 Å². The quantitative estimate of drug-likeness (QED) is 0.907. The van der Waals surface area contributed by atoms with E-state index in [1.54, 1.807) is 12.4 Å². The first kappa shape index (κ1) is 17.9. The van der Waals surface area contributed by atoms with Crippen molar-refractivity contribution in [1.29, 1.82) is 0 Å². The van der Waals surface area contributed by atoms with Gasteiger partial charge in [0.25, 0.3) is 0 Å². The number of pyridine rings is 1. The molecule has 2 unspecified atom stereocenters. The highest BCUT2D eigenvalue weighted by Gasteiger charge is 2.31. The van der Waals surface area contributed by atoms with E-state index in [9.17, 15) is 4.79 Å². The summed E-state index contributed by atoms with van der Waals surface area (Å²) in [4.78, 5) is 21.1. The predicted octanol–water partition coefficient (Wildman–Crippen LogP) is 2.54. The van der Waals surface area contributed by atoms with Crippen molar-refractivity contribution in [3.63, 3.8) is 0 Å². The van der Waals surface area contributed by atoms with Crippen LogP contribution in [-0.2, 0) is 4.74 Å². The Kier molecular flexibility index (Phi) is 5.36. The zero-order chi connectivity index (χ0) is 18.6. The van der Waals surface area contributed by atoms with Crippen LogP contribution in [0.4, 0.5) is 4.79 Å². The van der Waals surface area contributed by atoms with Gasteiger partial charge in [0.15, 0.2) is 0 Å². The number of carbonyl (C=O) groups excluding carboxylic acids is 1. The van der Waals surface area contributed by atoms with Gasteiger partial charge in [-0.3, -0.25) is 9.88 Å². The van der Waals surface area contributed by atoms with Gasteiger partial charge in [0.1, 0.15) is 0 Å². The summed E-state index contributed by atoms with van der Waals surface area (Å²) < 4.78 is 5.56. The molecule has 1 N–H and O–H groups in total. The monoisotopic (exact) mass is 366 g/mol. The fourth-order valence-electron chi connectivity index (χ4n) is 3.80. The van der Waals surface area contributed by atoms with Crippen molar-refractivity contribution in [3.8, 4) is 11.1 Å². The molecule has 2 aromatic rings. The number of urea groups is 1. The fourth-order valence-corrected chi connectivity index (χ4v) is 3.80. The standard InChI is InChI=1S/C21H26N4O2/c1-16(17-2-4-18(5-3-17)19-6-8-22-9-7-19)23-21(26)25-11-10-24-12-13-27-15-20(24)14-25/h2-9,16,20H,10-15H2,1H3,(H,23,26). The molecule has 0 radical (unpaired) electrons. The van der Waals surface area contributed by atoms with Gasteiger partial charge in [-0.2, -0.15) is 0 Å². The molecule has 2 saturated heterocycles. The molecule has 2 amide bonds. The second-order valence-corrected chi connectivity index (χ2v) is 7.24. The van der Waals surface area contributed by atoms with Crippen LogP contribution in [0.1, 0.15) is 18.5 Å². The third-order valence-electron chi connectivity index (χ3n) is 5.49. The Morgan fingerprint density at radius 1 is 1.11 bits per heavy atom. The number of amides is 2. The van der Waals surface area contributed by atoms with Gasteiger partial charge in [0, 0.05) is 38.6 Å². The molecule has 0 saturated carbocycles. The van der Waals surface area contributed by atoms with Crippen molar-refractivity contribution in [1.82, 2.24) is 20.1 Å². The number of fused-ring (bicyclic) bond motifs is 1. The molecular formula is C21H26N4O2. The summed E-state index contributed by atoms with van der Waals surface area (Å²) in [6, 6.07) is 12.6. The normalized spacial score (nSPS) is 21.4. The average molecular weight is 366 g/mol. The summed E-state index contributed by atoms with van der Waals surface area (Å²) in [6.07, 6.45) is 3.59. The lowest BCUT2D eigenvalue weighted by Crippen LogP contribution is -2.60. The minimum Gasteiger partial charge on any atom is -0.378 e. The summed E-state index contributed by atoms with van der Waals surface area (Å²) in [5, 5.41) is 3.14. The molecule has 2 aliphatic heterocycles. The molecule has 2 atom stereocenters. The molecule has 2 fully saturated rings. The number of hydrogen-bond donors (Lipinski definition) is 1. The van der Waals surface area contributed by atoms with Crippen molar-refractivity contribution in [2.24, 2.45) is 0 Å². The van der Waals surface area contributed by atoms with E-state index >= 15 is 0 Å². The van der Waals surface area contributed by atoms with Crippen LogP contribution in [0.3, 0.4) is 0 Å². The number of ether oxygens (including phenoxy) is 1. The van der Waals surface area contributed by atoms with Gasteiger partial charge >= 0.3 is 6.03 Å². The minimum absolute atomic E-state index is 0.00549. The van der Waals surface area contributed by atoms with E-state index in [1.807, 2.05) is 24.0 Å². The molecule has 3 heterocycles. The molecular weight excluding hydrogens is 340 g/mol. The van der Waals surface area contributed by atoms with Gasteiger partial charge in [0.2, 0.25) is 0 Å². The van der Waals surface area contributed by atoms with Crippen molar-refractivity contribution in [2.75, 3.05) is 39.4 Å². The van der Waals surface area contributed by atoms with Gasteiger partial charge in [-0.1, -0.05) is 24.3 Å². The number of carbonyl (C=O) groups is 1. The average Bonchev–Trinajstić information content (AvgIpc) is 2.74. The molecule has 142 valence electrons. The Hall–Kier alpha value is -2.44. The van der Waals surface area contributed by atoms with Crippen LogP contribution in [-0.4, -0.2) is 66.2 Å². The van der Waals surface area contributed by atoms with Crippen LogP contribution in [0.2, 0.25) is 0 Å². The van der Waals surface area contributed by atoms with Crippen molar-refractivity contribution in [3.05, 3.63) is 54.4 Å². The molecule has 0 aliphatic carbocycles. The van der Waals surface area contributed by atoms with Gasteiger partial charge in [-0.05, 0) is 35.7 Å². The summed E-state index contributed by atoms with van der Waals surface area (Å²) in [7, 11) is 0. The van der Waals surface area contributed by atoms with Gasteiger partial charge in [-0.25, -0.2) is 4.79 Å². The fraction of sp³-hybridized carbons (Fsp3) is 0.429. The largest absolute Gasteiger partial charge is 0.378 e.